The third kappa shape index (κ3) is 3.64. The number of hydrogen-bond donors (Lipinski definition) is 0. The van der Waals surface area contributed by atoms with Crippen LogP contribution in [-0.4, -0.2) is 26.2 Å². The molecule has 1 aromatic carbocycles. The van der Waals surface area contributed by atoms with Gasteiger partial charge in [0.1, 0.15) is 16.1 Å². The van der Waals surface area contributed by atoms with Gasteiger partial charge in [0, 0.05) is 5.92 Å². The van der Waals surface area contributed by atoms with Crippen molar-refractivity contribution in [3.63, 3.8) is 0 Å². The summed E-state index contributed by atoms with van der Waals surface area (Å²) in [5.74, 6) is -1.43. The van der Waals surface area contributed by atoms with E-state index in [9.17, 15) is 26.4 Å². The van der Waals surface area contributed by atoms with Gasteiger partial charge in [0.2, 0.25) is 0 Å². The predicted octanol–water partition coefficient (Wildman–Crippen LogP) is 2.81. The van der Waals surface area contributed by atoms with E-state index in [0.29, 0.717) is 6.29 Å². The monoisotopic (exact) mass is 320 g/mol. The maximum absolute atomic E-state index is 13.0. The highest BCUT2D eigenvalue weighted by Crippen LogP contribution is 2.39. The first-order valence-corrected chi connectivity index (χ1v) is 8.38. The number of carbonyl (C=O) groups excluding carboxylic acids is 1. The Morgan fingerprint density at radius 2 is 1.71 bits per heavy atom. The Kier molecular flexibility index (Phi) is 4.41. The summed E-state index contributed by atoms with van der Waals surface area (Å²) in [7, 11) is -3.12. The van der Waals surface area contributed by atoms with Crippen LogP contribution in [0.4, 0.5) is 13.2 Å². The molecule has 1 saturated heterocycles. The largest absolute Gasteiger partial charge is 0.416 e. The second kappa shape index (κ2) is 5.79. The van der Waals surface area contributed by atoms with E-state index in [1.807, 2.05) is 0 Å². The Hall–Kier alpha value is -1.37. The zero-order valence-electron chi connectivity index (χ0n) is 11.1. The lowest BCUT2D eigenvalue weighted by molar-refractivity contribution is -0.138. The van der Waals surface area contributed by atoms with Gasteiger partial charge >= 0.3 is 6.18 Å². The number of benzene rings is 1. The SMILES string of the molecule is O=CC(c1ccccc1C(F)(F)F)C1CCS(=O)(=O)CC1. The maximum atomic E-state index is 13.0. The smallest absolute Gasteiger partial charge is 0.303 e. The van der Waals surface area contributed by atoms with Gasteiger partial charge in [-0.2, -0.15) is 13.2 Å². The number of sulfone groups is 1. The van der Waals surface area contributed by atoms with Crippen molar-refractivity contribution in [1.29, 1.82) is 0 Å². The molecule has 116 valence electrons. The summed E-state index contributed by atoms with van der Waals surface area (Å²) in [6.07, 6.45) is -3.58. The van der Waals surface area contributed by atoms with Crippen molar-refractivity contribution in [2.75, 3.05) is 11.5 Å². The van der Waals surface area contributed by atoms with Gasteiger partial charge in [-0.25, -0.2) is 8.42 Å². The van der Waals surface area contributed by atoms with Crippen molar-refractivity contribution < 1.29 is 26.4 Å². The van der Waals surface area contributed by atoms with E-state index in [2.05, 4.69) is 0 Å². The fourth-order valence-corrected chi connectivity index (χ4v) is 4.28. The average Bonchev–Trinajstić information content (AvgIpc) is 2.41. The van der Waals surface area contributed by atoms with Crippen LogP contribution >= 0.6 is 0 Å². The van der Waals surface area contributed by atoms with Gasteiger partial charge in [-0.3, -0.25) is 0 Å². The first-order chi connectivity index (χ1) is 9.74. The molecule has 1 aliphatic rings. The van der Waals surface area contributed by atoms with Gasteiger partial charge in [-0.1, -0.05) is 18.2 Å². The number of carbonyl (C=O) groups is 1. The molecule has 0 N–H and O–H groups in total. The molecule has 2 rings (SSSR count). The molecule has 1 atom stereocenters. The summed E-state index contributed by atoms with van der Waals surface area (Å²) in [6.45, 7) is 0. The van der Waals surface area contributed by atoms with Crippen LogP contribution in [0.5, 0.6) is 0 Å². The van der Waals surface area contributed by atoms with Crippen molar-refractivity contribution in [3.05, 3.63) is 35.4 Å². The molecule has 1 fully saturated rings. The van der Waals surface area contributed by atoms with Crippen LogP contribution in [-0.2, 0) is 20.8 Å². The summed E-state index contributed by atoms with van der Waals surface area (Å²) in [4.78, 5) is 11.3. The van der Waals surface area contributed by atoms with E-state index in [0.717, 1.165) is 6.07 Å². The molecule has 3 nitrogen and oxygen atoms in total. The van der Waals surface area contributed by atoms with Gasteiger partial charge in [0.15, 0.2) is 0 Å². The van der Waals surface area contributed by atoms with Gasteiger partial charge in [-0.05, 0) is 30.4 Å². The first-order valence-electron chi connectivity index (χ1n) is 6.56. The van der Waals surface area contributed by atoms with Crippen LogP contribution < -0.4 is 0 Å². The normalized spacial score (nSPS) is 20.9. The molecule has 0 bridgehead atoms. The van der Waals surface area contributed by atoms with E-state index in [1.54, 1.807) is 0 Å². The molecule has 0 saturated carbocycles. The van der Waals surface area contributed by atoms with Crippen LogP contribution in [0.1, 0.15) is 29.9 Å². The Bertz CT molecular complexity index is 609. The molecule has 0 radical (unpaired) electrons. The number of hydrogen-bond acceptors (Lipinski definition) is 3. The molecular formula is C14H15F3O3S. The summed E-state index contributed by atoms with van der Waals surface area (Å²) in [5.41, 5.74) is -0.889. The van der Waals surface area contributed by atoms with Crippen LogP contribution in [0.15, 0.2) is 24.3 Å². The first kappa shape index (κ1) is 16.0. The second-order valence-electron chi connectivity index (χ2n) is 5.24. The van der Waals surface area contributed by atoms with Gasteiger partial charge in [-0.15, -0.1) is 0 Å². The maximum Gasteiger partial charge on any atom is 0.416 e. The summed E-state index contributed by atoms with van der Waals surface area (Å²) in [5, 5.41) is 0. The molecule has 1 aliphatic heterocycles. The zero-order valence-corrected chi connectivity index (χ0v) is 12.0. The topological polar surface area (TPSA) is 51.2 Å². The molecular weight excluding hydrogens is 305 g/mol. The molecule has 0 aliphatic carbocycles. The van der Waals surface area contributed by atoms with Crippen molar-refractivity contribution in [3.8, 4) is 0 Å². The number of alkyl halides is 3. The third-order valence-corrected chi connectivity index (χ3v) is 5.59. The lowest BCUT2D eigenvalue weighted by Gasteiger charge is -2.28. The standard InChI is InChI=1S/C14H15F3O3S/c15-14(16,17)13-4-2-1-3-11(13)12(9-18)10-5-7-21(19,20)8-6-10/h1-4,9-10,12H,5-8H2. The predicted molar refractivity (Wildman–Crippen MR) is 71.6 cm³/mol. The zero-order chi connectivity index (χ0) is 15.7. The highest BCUT2D eigenvalue weighted by molar-refractivity contribution is 7.91. The second-order valence-corrected chi connectivity index (χ2v) is 7.54. The summed E-state index contributed by atoms with van der Waals surface area (Å²) >= 11 is 0. The highest BCUT2D eigenvalue weighted by Gasteiger charge is 2.38. The van der Waals surface area contributed by atoms with Gasteiger partial charge in [0.05, 0.1) is 17.1 Å². The number of halogens is 3. The highest BCUT2D eigenvalue weighted by atomic mass is 32.2. The Balaban J connectivity index is 2.33. The molecule has 1 unspecified atom stereocenters. The van der Waals surface area contributed by atoms with Crippen LogP contribution in [0.3, 0.4) is 0 Å². The lowest BCUT2D eigenvalue weighted by Crippen LogP contribution is -2.29. The van der Waals surface area contributed by atoms with E-state index in [1.165, 1.54) is 18.2 Å². The van der Waals surface area contributed by atoms with Crippen molar-refractivity contribution in [1.82, 2.24) is 0 Å². The minimum Gasteiger partial charge on any atom is -0.303 e. The van der Waals surface area contributed by atoms with E-state index >= 15 is 0 Å². The summed E-state index contributed by atoms with van der Waals surface area (Å²) in [6, 6.07) is 4.98. The van der Waals surface area contributed by atoms with E-state index < -0.39 is 27.5 Å². The van der Waals surface area contributed by atoms with E-state index in [4.69, 9.17) is 0 Å². The molecule has 7 heteroatoms. The van der Waals surface area contributed by atoms with Crippen molar-refractivity contribution in [2.24, 2.45) is 5.92 Å². The fraction of sp³-hybridized carbons (Fsp3) is 0.500. The summed E-state index contributed by atoms with van der Waals surface area (Å²) < 4.78 is 61.9. The van der Waals surface area contributed by atoms with Gasteiger partial charge in [0.25, 0.3) is 0 Å². The molecule has 1 aromatic rings. The Labute approximate surface area is 121 Å². The minimum atomic E-state index is -4.53. The van der Waals surface area contributed by atoms with Crippen molar-refractivity contribution in [2.45, 2.75) is 24.9 Å². The Morgan fingerprint density at radius 1 is 1.14 bits per heavy atom. The molecule has 0 aromatic heterocycles. The molecule has 1 heterocycles. The fourth-order valence-electron chi connectivity index (χ4n) is 2.75. The van der Waals surface area contributed by atoms with Gasteiger partial charge < -0.3 is 4.79 Å². The molecule has 0 spiro atoms. The third-order valence-electron chi connectivity index (χ3n) is 3.88. The van der Waals surface area contributed by atoms with E-state index in [-0.39, 0.29) is 35.8 Å². The lowest BCUT2D eigenvalue weighted by atomic mass is 9.81. The molecule has 0 amide bonds. The average molecular weight is 320 g/mol. The van der Waals surface area contributed by atoms with Crippen LogP contribution in [0.2, 0.25) is 0 Å². The van der Waals surface area contributed by atoms with Crippen molar-refractivity contribution >= 4 is 16.1 Å². The minimum absolute atomic E-state index is 0.0655. The number of rotatable bonds is 3. The van der Waals surface area contributed by atoms with Crippen LogP contribution in [0, 0.1) is 5.92 Å². The molecule has 21 heavy (non-hydrogen) atoms. The van der Waals surface area contributed by atoms with Crippen LogP contribution in [0.25, 0.3) is 0 Å². The Morgan fingerprint density at radius 3 is 2.24 bits per heavy atom. The number of aldehydes is 1. The quantitative estimate of drug-likeness (QED) is 0.805.